The number of H-pyrrole nitrogens is 2. The van der Waals surface area contributed by atoms with E-state index < -0.39 is 11.1 Å². The molecule has 32 heavy (non-hydrogen) atoms. The first-order valence-corrected chi connectivity index (χ1v) is 10.6. The zero-order chi connectivity index (χ0) is 22.9. The van der Waals surface area contributed by atoms with Crippen molar-refractivity contribution in [1.82, 2.24) is 25.0 Å². The summed E-state index contributed by atoms with van der Waals surface area (Å²) in [6.07, 6.45) is 1.06. The molecular weight excluding hydrogens is 406 g/mol. The summed E-state index contributed by atoms with van der Waals surface area (Å²) in [6, 6.07) is 16.6. The summed E-state index contributed by atoms with van der Waals surface area (Å²) < 4.78 is 0. The van der Waals surface area contributed by atoms with Crippen molar-refractivity contribution in [2.75, 3.05) is 27.2 Å². The molecule has 0 bridgehead atoms. The number of hydrogen-bond donors (Lipinski definition) is 2. The zero-order valence-electron chi connectivity index (χ0n) is 18.5. The van der Waals surface area contributed by atoms with Gasteiger partial charge in [0, 0.05) is 27.2 Å². The Morgan fingerprint density at radius 2 is 1.88 bits per heavy atom. The maximum atomic E-state index is 13.3. The molecule has 0 radical (unpaired) electrons. The van der Waals surface area contributed by atoms with Crippen LogP contribution in [-0.4, -0.2) is 64.0 Å². The fourth-order valence-electron chi connectivity index (χ4n) is 4.43. The number of amides is 2. The van der Waals surface area contributed by atoms with Crippen LogP contribution in [0.4, 0.5) is 0 Å². The minimum atomic E-state index is -0.734. The number of carbonyl (C=O) groups excluding carboxylic acids is 2. The molecule has 4 rings (SSSR count). The number of aryl methyl sites for hydroxylation is 1. The van der Waals surface area contributed by atoms with Gasteiger partial charge in [0.25, 0.3) is 5.91 Å². The van der Waals surface area contributed by atoms with Crippen molar-refractivity contribution < 1.29 is 9.59 Å². The average Bonchev–Trinajstić information content (AvgIpc) is 3.40. The van der Waals surface area contributed by atoms with E-state index in [1.807, 2.05) is 12.1 Å². The van der Waals surface area contributed by atoms with Crippen LogP contribution in [0.5, 0.6) is 0 Å². The molecule has 0 spiro atoms. The van der Waals surface area contributed by atoms with E-state index in [9.17, 15) is 14.4 Å². The number of aromatic nitrogens is 3. The van der Waals surface area contributed by atoms with Gasteiger partial charge in [-0.2, -0.15) is 0 Å². The Labute approximate surface area is 186 Å². The van der Waals surface area contributed by atoms with Crippen LogP contribution >= 0.6 is 0 Å². The zero-order valence-corrected chi connectivity index (χ0v) is 18.5. The van der Waals surface area contributed by atoms with E-state index in [4.69, 9.17) is 0 Å². The topological polar surface area (TPSA) is 102 Å². The van der Waals surface area contributed by atoms with Crippen molar-refractivity contribution in [3.05, 3.63) is 76.0 Å². The first kappa shape index (κ1) is 21.5. The predicted molar refractivity (Wildman–Crippen MR) is 121 cm³/mol. The number of nitrogens with one attached hydrogen (secondary N) is 2. The van der Waals surface area contributed by atoms with Crippen LogP contribution in [-0.2, 0) is 11.2 Å². The third-order valence-corrected chi connectivity index (χ3v) is 6.06. The van der Waals surface area contributed by atoms with Crippen LogP contribution in [0.1, 0.15) is 28.2 Å². The second-order valence-electron chi connectivity index (χ2n) is 8.73. The molecule has 8 heteroatoms. The highest BCUT2D eigenvalue weighted by Gasteiger charge is 2.47. The van der Waals surface area contributed by atoms with Crippen LogP contribution in [0.2, 0.25) is 0 Å². The molecule has 2 amide bonds. The minimum absolute atomic E-state index is 0.0101. The molecule has 0 aliphatic carbocycles. The summed E-state index contributed by atoms with van der Waals surface area (Å²) in [6.45, 7) is 2.75. The Hall–Kier alpha value is -3.68. The van der Waals surface area contributed by atoms with Crippen molar-refractivity contribution in [3.8, 4) is 11.1 Å². The Morgan fingerprint density at radius 3 is 2.53 bits per heavy atom. The first-order valence-electron chi connectivity index (χ1n) is 10.6. The summed E-state index contributed by atoms with van der Waals surface area (Å²) in [5, 5.41) is 5.96. The molecule has 2 heterocycles. The van der Waals surface area contributed by atoms with Gasteiger partial charge in [0.1, 0.15) is 0 Å². The molecule has 0 saturated carbocycles. The maximum Gasteiger partial charge on any atom is 0.341 e. The molecule has 1 saturated heterocycles. The molecule has 3 aromatic rings. The minimum Gasteiger partial charge on any atom is -0.348 e. The molecule has 1 aliphatic heterocycles. The lowest BCUT2D eigenvalue weighted by atomic mass is 9.79. The van der Waals surface area contributed by atoms with E-state index >= 15 is 0 Å². The number of carbonyl (C=O) groups is 2. The van der Waals surface area contributed by atoms with E-state index in [2.05, 4.69) is 58.5 Å². The van der Waals surface area contributed by atoms with E-state index in [-0.39, 0.29) is 24.2 Å². The van der Waals surface area contributed by atoms with Crippen molar-refractivity contribution in [2.45, 2.75) is 19.8 Å². The summed E-state index contributed by atoms with van der Waals surface area (Å²) in [5.74, 6) is -0.432. The Bertz CT molecular complexity index is 1190. The second-order valence-corrected chi connectivity index (χ2v) is 8.73. The molecule has 2 N–H and O–H groups in total. The van der Waals surface area contributed by atoms with Crippen LogP contribution in [0.3, 0.4) is 0 Å². The highest BCUT2D eigenvalue weighted by Crippen LogP contribution is 2.37. The standard InChI is InChI=1S/C24H27N5O3/c1-16-7-9-18(10-8-16)19-6-4-5-17(13-19)14-24(22(31)28(2)3)11-12-29(15-24)21(30)20-25-23(32)27-26-20/h4-10,13H,11-12,14-15H2,1-3H3,(H2,25,26,27,32). The number of aromatic amines is 2. The molecule has 1 aromatic heterocycles. The largest absolute Gasteiger partial charge is 0.348 e. The van der Waals surface area contributed by atoms with Crippen molar-refractivity contribution in [3.63, 3.8) is 0 Å². The summed E-state index contributed by atoms with van der Waals surface area (Å²) in [4.78, 5) is 43.0. The fraction of sp³-hybridized carbons (Fsp3) is 0.333. The molecule has 1 aliphatic rings. The maximum absolute atomic E-state index is 13.3. The molecule has 1 unspecified atom stereocenters. The van der Waals surface area contributed by atoms with Gasteiger partial charge < -0.3 is 9.80 Å². The van der Waals surface area contributed by atoms with E-state index in [1.54, 1.807) is 23.9 Å². The molecule has 8 nitrogen and oxygen atoms in total. The Balaban J connectivity index is 1.61. The van der Waals surface area contributed by atoms with Crippen molar-refractivity contribution in [1.29, 1.82) is 0 Å². The van der Waals surface area contributed by atoms with Gasteiger partial charge in [0.15, 0.2) is 0 Å². The van der Waals surface area contributed by atoms with Crippen LogP contribution in [0.25, 0.3) is 11.1 Å². The average molecular weight is 434 g/mol. The lowest BCUT2D eigenvalue weighted by Crippen LogP contribution is -2.44. The number of rotatable bonds is 5. The van der Waals surface area contributed by atoms with Gasteiger partial charge in [0.05, 0.1) is 5.41 Å². The molecule has 1 atom stereocenters. The Kier molecular flexibility index (Phi) is 5.69. The summed E-state index contributed by atoms with van der Waals surface area (Å²) >= 11 is 0. The van der Waals surface area contributed by atoms with Crippen LogP contribution < -0.4 is 5.69 Å². The van der Waals surface area contributed by atoms with E-state index in [1.165, 1.54) is 5.56 Å². The lowest BCUT2D eigenvalue weighted by Gasteiger charge is -2.31. The molecule has 1 fully saturated rings. The molecule has 166 valence electrons. The number of benzene rings is 2. The van der Waals surface area contributed by atoms with Gasteiger partial charge in [-0.3, -0.25) is 14.6 Å². The smallest absolute Gasteiger partial charge is 0.341 e. The third kappa shape index (κ3) is 4.21. The Morgan fingerprint density at radius 1 is 1.12 bits per heavy atom. The second kappa shape index (κ2) is 8.45. The third-order valence-electron chi connectivity index (χ3n) is 6.06. The van der Waals surface area contributed by atoms with Crippen molar-refractivity contribution >= 4 is 11.8 Å². The van der Waals surface area contributed by atoms with Gasteiger partial charge >= 0.3 is 5.69 Å². The monoisotopic (exact) mass is 433 g/mol. The first-order chi connectivity index (χ1) is 15.3. The fourth-order valence-corrected chi connectivity index (χ4v) is 4.43. The molecule has 2 aromatic carbocycles. The van der Waals surface area contributed by atoms with Gasteiger partial charge in [-0.1, -0.05) is 54.1 Å². The summed E-state index contributed by atoms with van der Waals surface area (Å²) in [7, 11) is 3.48. The summed E-state index contributed by atoms with van der Waals surface area (Å²) in [5.41, 5.74) is 3.19. The van der Waals surface area contributed by atoms with E-state index in [0.29, 0.717) is 19.4 Å². The van der Waals surface area contributed by atoms with E-state index in [0.717, 1.165) is 16.7 Å². The van der Waals surface area contributed by atoms with Gasteiger partial charge in [-0.05, 0) is 36.5 Å². The highest BCUT2D eigenvalue weighted by molar-refractivity contribution is 5.92. The van der Waals surface area contributed by atoms with Gasteiger partial charge in [-0.15, -0.1) is 5.10 Å². The predicted octanol–water partition coefficient (Wildman–Crippen LogP) is 2.24. The van der Waals surface area contributed by atoms with Gasteiger partial charge in [-0.25, -0.2) is 9.89 Å². The SMILES string of the molecule is Cc1ccc(-c2cccc(CC3(C(=O)N(C)C)CCN(C(=O)c4n[nH]c(=O)[nH]4)C3)c2)cc1. The van der Waals surface area contributed by atoms with Crippen LogP contribution in [0.15, 0.2) is 53.3 Å². The number of hydrogen-bond acceptors (Lipinski definition) is 4. The normalized spacial score (nSPS) is 18.0. The lowest BCUT2D eigenvalue weighted by molar-refractivity contribution is -0.138. The molecular formula is C24H27N5O3. The number of nitrogens with zero attached hydrogens (tertiary/aromatic N) is 3. The number of likely N-dealkylation sites (tertiary alicyclic amines) is 1. The van der Waals surface area contributed by atoms with Crippen molar-refractivity contribution in [2.24, 2.45) is 5.41 Å². The quantitative estimate of drug-likeness (QED) is 0.644. The highest BCUT2D eigenvalue weighted by atomic mass is 16.2. The van der Waals surface area contributed by atoms with Gasteiger partial charge in [0.2, 0.25) is 11.7 Å². The van der Waals surface area contributed by atoms with Crippen LogP contribution in [0, 0.1) is 12.3 Å².